The van der Waals surface area contributed by atoms with Gasteiger partial charge in [-0.15, -0.1) is 19.7 Å². The maximum absolute atomic E-state index is 12.2. The summed E-state index contributed by atoms with van der Waals surface area (Å²) in [6.45, 7) is 20.2. The molecule has 1 aromatic carbocycles. The lowest BCUT2D eigenvalue weighted by atomic mass is 10.2. The Hall–Kier alpha value is -4.97. The van der Waals surface area contributed by atoms with Crippen LogP contribution in [0.2, 0.25) is 0 Å². The third kappa shape index (κ3) is 15.3. The maximum atomic E-state index is 12.2. The summed E-state index contributed by atoms with van der Waals surface area (Å²) in [4.78, 5) is 65.7. The molecule has 4 N–H and O–H groups in total. The second kappa shape index (κ2) is 26.9. The molecule has 6 rings (SSSR count). The van der Waals surface area contributed by atoms with Crippen LogP contribution < -0.4 is 44.7 Å². The quantitative estimate of drug-likeness (QED) is 0.0360. The number of amides is 2. The molecule has 2 amide bonds. The van der Waals surface area contributed by atoms with Crippen molar-refractivity contribution >= 4 is 62.7 Å². The van der Waals surface area contributed by atoms with Gasteiger partial charge in [0.25, 0.3) is 6.33 Å². The van der Waals surface area contributed by atoms with Crippen molar-refractivity contribution in [2.45, 2.75) is 75.4 Å². The second-order valence-corrected chi connectivity index (χ2v) is 15.9. The number of carbonyl (C=O) groups is 5. The Morgan fingerprint density at radius 3 is 1.69 bits per heavy atom. The summed E-state index contributed by atoms with van der Waals surface area (Å²) in [5.41, 5.74) is -0.932. The van der Waals surface area contributed by atoms with E-state index in [1.165, 1.54) is 46.9 Å². The van der Waals surface area contributed by atoms with E-state index in [0.717, 1.165) is 11.0 Å². The number of nitriles is 1. The van der Waals surface area contributed by atoms with Crippen LogP contribution >= 0.6 is 22.6 Å². The van der Waals surface area contributed by atoms with Gasteiger partial charge >= 0.3 is 40.1 Å². The van der Waals surface area contributed by atoms with Crippen molar-refractivity contribution in [1.82, 2.24) is 24.8 Å². The van der Waals surface area contributed by atoms with E-state index in [2.05, 4.69) is 57.9 Å². The highest BCUT2D eigenvalue weighted by Gasteiger charge is 2.67. The zero-order valence-corrected chi connectivity index (χ0v) is 42.7. The molecule has 0 aliphatic heterocycles. The fourth-order valence-corrected chi connectivity index (χ4v) is 7.05. The van der Waals surface area contributed by atoms with Gasteiger partial charge in [0.2, 0.25) is 5.54 Å². The molecular weight excluding hydrogens is 1090 g/mol. The Bertz CT molecular complexity index is 2250. The highest BCUT2D eigenvalue weighted by molar-refractivity contribution is 14.1. The van der Waals surface area contributed by atoms with Crippen molar-refractivity contribution in [2.24, 2.45) is 24.8 Å². The van der Waals surface area contributed by atoms with E-state index in [9.17, 15) is 32.4 Å². The number of aryl methyl sites for hydroxylation is 2. The van der Waals surface area contributed by atoms with E-state index in [-0.39, 0.29) is 65.9 Å². The number of quaternary nitrogens is 1. The van der Waals surface area contributed by atoms with Gasteiger partial charge in [-0.25, -0.2) is 33.5 Å². The predicted molar refractivity (Wildman–Crippen MR) is 241 cm³/mol. The molecular formula is C43H59I2N8O11S+. The molecule has 6 atom stereocenters. The zero-order chi connectivity index (χ0) is 48.3. The van der Waals surface area contributed by atoms with Crippen molar-refractivity contribution in [2.75, 3.05) is 24.8 Å². The number of hydroxylamine groups is 1. The number of nitrogens with one attached hydrogen (secondary N) is 2. The first kappa shape index (κ1) is 58.0. The number of nitrogens with zero attached hydrogens (tertiary/aromatic N) is 5. The number of alkyl halides is 1. The van der Waals surface area contributed by atoms with Crippen molar-refractivity contribution < 1.29 is 84.9 Å². The van der Waals surface area contributed by atoms with Gasteiger partial charge in [0.1, 0.15) is 29.8 Å². The van der Waals surface area contributed by atoms with Crippen LogP contribution in [-0.2, 0) is 50.0 Å². The van der Waals surface area contributed by atoms with E-state index in [1.54, 1.807) is 80.5 Å². The number of aromatic nitrogens is 4. The first-order valence-electron chi connectivity index (χ1n) is 20.0. The summed E-state index contributed by atoms with van der Waals surface area (Å²) >= 11 is 2.15. The van der Waals surface area contributed by atoms with Crippen LogP contribution in [0.5, 0.6) is 0 Å². The van der Waals surface area contributed by atoms with Crippen molar-refractivity contribution in [3.63, 3.8) is 0 Å². The summed E-state index contributed by atoms with van der Waals surface area (Å²) in [5.74, 6) is -1.62. The molecule has 0 bridgehead atoms. The SMILES string of the molecule is C=C[C@@H]1C[C@]1(NC(=O)n1cc[n+](C)c1)C(=O)OCC.C=C[C@@H]1C[C@]1(NC(=O)n1ccnc1)C(=O)OCC.C=C[C@@H]1C[C@]1([NH2+]OS(=O)(=O)c1ccc(C)cc1)C(=O)OCC.CC#N.CI.[I-]. The van der Waals surface area contributed by atoms with Crippen LogP contribution in [0.15, 0.2) is 105 Å². The molecule has 2 heterocycles. The Balaban J connectivity index is 0.000000462. The topological polar surface area (TPSA) is 247 Å². The van der Waals surface area contributed by atoms with Crippen LogP contribution in [0.4, 0.5) is 9.59 Å². The van der Waals surface area contributed by atoms with Gasteiger partial charge in [0.05, 0.1) is 43.8 Å². The van der Waals surface area contributed by atoms with Gasteiger partial charge in [-0.05, 0) is 57.6 Å². The van der Waals surface area contributed by atoms with Crippen molar-refractivity contribution in [3.8, 4) is 6.07 Å². The molecule has 3 aliphatic carbocycles. The normalized spacial score (nSPS) is 22.5. The summed E-state index contributed by atoms with van der Waals surface area (Å²) in [6.07, 6.45) is 15.8. The number of imidazole rings is 2. The molecule has 356 valence electrons. The zero-order valence-electron chi connectivity index (χ0n) is 37.6. The molecule has 0 unspecified atom stereocenters. The summed E-state index contributed by atoms with van der Waals surface area (Å²) < 4.78 is 48.7. The minimum atomic E-state index is -3.95. The van der Waals surface area contributed by atoms with E-state index < -0.39 is 50.7 Å². The minimum Gasteiger partial charge on any atom is -1.00 e. The number of carbonyl (C=O) groups excluding carboxylic acids is 5. The van der Waals surface area contributed by atoms with Crippen molar-refractivity contribution in [3.05, 3.63) is 105 Å². The van der Waals surface area contributed by atoms with Gasteiger partial charge in [-0.3, -0.25) is 4.57 Å². The molecule has 3 fully saturated rings. The van der Waals surface area contributed by atoms with Gasteiger partial charge in [-0.2, -0.15) is 23.7 Å². The number of ether oxygens (including phenoxy) is 3. The second-order valence-electron chi connectivity index (χ2n) is 14.3. The van der Waals surface area contributed by atoms with Gasteiger partial charge in [-0.1, -0.05) is 62.8 Å². The Morgan fingerprint density at radius 2 is 1.32 bits per heavy atom. The number of esters is 3. The Morgan fingerprint density at radius 1 is 0.862 bits per heavy atom. The third-order valence-corrected chi connectivity index (χ3v) is 11.2. The largest absolute Gasteiger partial charge is 1.00 e. The monoisotopic (exact) mass is 1150 g/mol. The molecule has 0 radical (unpaired) electrons. The third-order valence-electron chi connectivity index (χ3n) is 9.97. The van der Waals surface area contributed by atoms with Gasteiger partial charge in [0, 0.05) is 37.6 Å². The number of rotatable bonds is 15. The van der Waals surface area contributed by atoms with E-state index in [4.69, 9.17) is 23.8 Å². The number of benzene rings is 1. The average molecular weight is 1150 g/mol. The highest BCUT2D eigenvalue weighted by Crippen LogP contribution is 2.46. The smallest absolute Gasteiger partial charge is 0.414 e. The van der Waals surface area contributed by atoms with Crippen LogP contribution in [0.1, 0.15) is 52.5 Å². The molecule has 3 aromatic rings. The lowest BCUT2D eigenvalue weighted by molar-refractivity contribution is -0.886. The predicted octanol–water partition coefficient (Wildman–Crippen LogP) is 0.598. The summed E-state index contributed by atoms with van der Waals surface area (Å²) in [6, 6.07) is 7.30. The molecule has 22 heteroatoms. The van der Waals surface area contributed by atoms with Crippen LogP contribution in [0, 0.1) is 36.0 Å². The molecule has 19 nitrogen and oxygen atoms in total. The van der Waals surface area contributed by atoms with E-state index in [0.29, 0.717) is 25.9 Å². The number of nitrogens with two attached hydrogens (primary N) is 1. The molecule has 3 saturated carbocycles. The van der Waals surface area contributed by atoms with E-state index in [1.807, 2.05) is 18.9 Å². The summed E-state index contributed by atoms with van der Waals surface area (Å²) in [7, 11) is -2.13. The molecule has 65 heavy (non-hydrogen) atoms. The van der Waals surface area contributed by atoms with Crippen LogP contribution in [-0.4, -0.2) is 93.9 Å². The summed E-state index contributed by atoms with van der Waals surface area (Å²) in [5, 5.41) is 12.8. The Kier molecular flexibility index (Phi) is 24.0. The number of hydrogen-bond acceptors (Lipinski definition) is 13. The standard InChI is InChI=1S/C15H19NO5S.C13H17N3O3.C12H15N3O3.C2H3N.CH3I.HI/c1-4-12-10-15(12,14(17)20-5-2)16-21-22(18,19)13-8-6-11(3)7-9-13;1-4-10-8-13(10,11(17)19-5-2)14-12(18)16-7-6-15(3)9-16;1-3-9-7-12(9,10(16)18-4-2)14-11(17)15-6-5-13-8-15;1-2-3;1-2;/h4,6-9,12,16H,1,5,10H2,2-3H3;4,6-7,9-10H,1,5,8H2,2-3H3;3,5-6,8-9H,1,4,7H2,2H3,(H,14,17);1H3;1H3;1H/p+1/t12-,15-;10-,13-;9-,12-;;;/m111.../s1. The maximum Gasteiger partial charge on any atom is 0.414 e. The number of halogens is 2. The highest BCUT2D eigenvalue weighted by atomic mass is 127. The fraction of sp³-hybridized carbons (Fsp3) is 0.442. The first-order chi connectivity index (χ1) is 30.4. The minimum absolute atomic E-state index is 0. The fourth-order valence-electron chi connectivity index (χ4n) is 6.18. The molecule has 0 spiro atoms. The Labute approximate surface area is 411 Å². The number of hydrogen-bond donors (Lipinski definition) is 3. The van der Waals surface area contributed by atoms with E-state index >= 15 is 0 Å². The van der Waals surface area contributed by atoms with Gasteiger partial charge < -0.3 is 48.8 Å². The van der Waals surface area contributed by atoms with Crippen LogP contribution in [0.25, 0.3) is 0 Å². The molecule has 0 saturated heterocycles. The molecule has 2 aromatic heterocycles. The average Bonchev–Trinajstić information content (AvgIpc) is 4.21. The van der Waals surface area contributed by atoms with Crippen LogP contribution in [0.3, 0.4) is 0 Å². The van der Waals surface area contributed by atoms with Gasteiger partial charge in [0.15, 0.2) is 0 Å². The van der Waals surface area contributed by atoms with Crippen molar-refractivity contribution in [1.29, 1.82) is 5.26 Å². The first-order valence-corrected chi connectivity index (χ1v) is 23.6. The lowest BCUT2D eigenvalue weighted by Gasteiger charge is -2.17. The lowest BCUT2D eigenvalue weighted by Crippen LogP contribution is -3.00. The molecule has 3 aliphatic rings.